The normalized spacial score (nSPS) is 11.5. The molecule has 1 aromatic heterocycles. The molecule has 1 heterocycles. The van der Waals surface area contributed by atoms with E-state index in [9.17, 15) is 19.5 Å². The van der Waals surface area contributed by atoms with Crippen LogP contribution in [0.15, 0.2) is 38.8 Å². The van der Waals surface area contributed by atoms with Gasteiger partial charge in [0, 0.05) is 6.54 Å². The summed E-state index contributed by atoms with van der Waals surface area (Å²) in [6, 6.07) is 5.83. The fourth-order valence-electron chi connectivity index (χ4n) is 2.49. The van der Waals surface area contributed by atoms with Gasteiger partial charge in [-0.1, -0.05) is 20.3 Å². The number of nitrogens with zero attached hydrogens (tertiary/aromatic N) is 2. The molecule has 8 nitrogen and oxygen atoms in total. The van der Waals surface area contributed by atoms with Gasteiger partial charge in [-0.3, -0.25) is 19.3 Å². The number of carboxylic acids is 1. The van der Waals surface area contributed by atoms with Crippen LogP contribution in [-0.2, 0) is 6.54 Å². The molecule has 0 amide bonds. The predicted octanol–water partition coefficient (Wildman–Crippen LogP) is 2.27. The van der Waals surface area contributed by atoms with Crippen molar-refractivity contribution in [2.75, 3.05) is 0 Å². The Morgan fingerprint density at radius 2 is 1.85 bits per heavy atom. The Morgan fingerprint density at radius 1 is 1.19 bits per heavy atom. The van der Waals surface area contributed by atoms with Gasteiger partial charge in [0.05, 0.1) is 17.0 Å². The smallest absolute Gasteiger partial charge is 0.335 e. The van der Waals surface area contributed by atoms with Crippen molar-refractivity contribution in [1.82, 2.24) is 9.55 Å². The zero-order valence-corrected chi connectivity index (χ0v) is 14.7. The van der Waals surface area contributed by atoms with Crippen molar-refractivity contribution < 1.29 is 15.0 Å². The number of hydrogen-bond acceptors (Lipinski definition) is 5. The van der Waals surface area contributed by atoms with Crippen molar-refractivity contribution in [2.45, 2.75) is 39.7 Å². The number of rotatable bonds is 7. The second-order valence-electron chi connectivity index (χ2n) is 5.73. The summed E-state index contributed by atoms with van der Waals surface area (Å²) in [5.74, 6) is -1.46. The molecule has 3 N–H and O–H groups in total. The SMILES string of the molecule is CCCCn1c(O)c(C(CC)=Nc2ccc(C(=O)O)cc2)c(=O)[nH]c1=O. The van der Waals surface area contributed by atoms with Gasteiger partial charge in [-0.25, -0.2) is 9.59 Å². The summed E-state index contributed by atoms with van der Waals surface area (Å²) >= 11 is 0. The first kappa shape index (κ1) is 19.2. The van der Waals surface area contributed by atoms with Gasteiger partial charge >= 0.3 is 11.7 Å². The van der Waals surface area contributed by atoms with E-state index in [-0.39, 0.29) is 17.7 Å². The Hall–Kier alpha value is -3.16. The Bertz CT molecular complexity index is 939. The molecule has 1 aromatic carbocycles. The van der Waals surface area contributed by atoms with Crippen LogP contribution in [0, 0.1) is 0 Å². The first-order chi connectivity index (χ1) is 12.4. The van der Waals surface area contributed by atoms with Crippen LogP contribution in [-0.4, -0.2) is 31.4 Å². The third kappa shape index (κ3) is 4.08. The molecule has 8 heteroatoms. The van der Waals surface area contributed by atoms with Gasteiger partial charge in [-0.05, 0) is 37.1 Å². The summed E-state index contributed by atoms with van der Waals surface area (Å²) in [7, 11) is 0. The first-order valence-electron chi connectivity index (χ1n) is 8.36. The number of aromatic nitrogens is 2. The number of aromatic hydroxyl groups is 1. The lowest BCUT2D eigenvalue weighted by molar-refractivity contribution is 0.0697. The number of nitrogens with one attached hydrogen (secondary N) is 1. The molecule has 0 aliphatic carbocycles. The van der Waals surface area contributed by atoms with E-state index in [4.69, 9.17) is 5.11 Å². The van der Waals surface area contributed by atoms with Crippen molar-refractivity contribution in [3.63, 3.8) is 0 Å². The largest absolute Gasteiger partial charge is 0.494 e. The summed E-state index contributed by atoms with van der Waals surface area (Å²) < 4.78 is 1.12. The summed E-state index contributed by atoms with van der Waals surface area (Å²) in [6.07, 6.45) is 1.84. The number of benzene rings is 1. The van der Waals surface area contributed by atoms with Crippen LogP contribution in [0.25, 0.3) is 0 Å². The van der Waals surface area contributed by atoms with E-state index in [1.165, 1.54) is 24.3 Å². The van der Waals surface area contributed by atoms with E-state index < -0.39 is 23.1 Å². The van der Waals surface area contributed by atoms with E-state index in [0.717, 1.165) is 11.0 Å². The Kier molecular flexibility index (Phi) is 6.11. The van der Waals surface area contributed by atoms with Gasteiger partial charge < -0.3 is 10.2 Å². The van der Waals surface area contributed by atoms with E-state index in [1.807, 2.05) is 6.92 Å². The van der Waals surface area contributed by atoms with E-state index in [1.54, 1.807) is 6.92 Å². The molecule has 0 fully saturated rings. The molecule has 138 valence electrons. The second kappa shape index (κ2) is 8.28. The zero-order chi connectivity index (χ0) is 19.3. The summed E-state index contributed by atoms with van der Waals surface area (Å²) in [6.45, 7) is 4.01. The van der Waals surface area contributed by atoms with Gasteiger partial charge in [-0.15, -0.1) is 0 Å². The van der Waals surface area contributed by atoms with Crippen molar-refractivity contribution in [1.29, 1.82) is 0 Å². The minimum absolute atomic E-state index is 0.0504. The van der Waals surface area contributed by atoms with Crippen LogP contribution in [0.1, 0.15) is 49.0 Å². The van der Waals surface area contributed by atoms with E-state index >= 15 is 0 Å². The fourth-order valence-corrected chi connectivity index (χ4v) is 2.49. The average molecular weight is 359 g/mol. The molecule has 0 atom stereocenters. The number of aromatic amines is 1. The molecule has 0 aliphatic rings. The highest BCUT2D eigenvalue weighted by molar-refractivity contribution is 6.03. The average Bonchev–Trinajstić information content (AvgIpc) is 2.60. The summed E-state index contributed by atoms with van der Waals surface area (Å²) in [5.41, 5.74) is -0.552. The zero-order valence-electron chi connectivity index (χ0n) is 14.7. The monoisotopic (exact) mass is 359 g/mol. The number of unbranched alkanes of at least 4 members (excludes halogenated alkanes) is 1. The van der Waals surface area contributed by atoms with Gasteiger partial charge in [0.25, 0.3) is 5.56 Å². The number of carboxylic acid groups (broad SMARTS) is 1. The molecule has 0 unspecified atom stereocenters. The number of aromatic carboxylic acids is 1. The fraction of sp³-hybridized carbons (Fsp3) is 0.333. The van der Waals surface area contributed by atoms with E-state index in [2.05, 4.69) is 9.98 Å². The van der Waals surface area contributed by atoms with Crippen LogP contribution in [0.3, 0.4) is 0 Å². The maximum absolute atomic E-state index is 12.2. The highest BCUT2D eigenvalue weighted by Crippen LogP contribution is 2.19. The predicted molar refractivity (Wildman–Crippen MR) is 97.8 cm³/mol. The van der Waals surface area contributed by atoms with E-state index in [0.29, 0.717) is 24.2 Å². The molecule has 0 bridgehead atoms. The van der Waals surface area contributed by atoms with Crippen molar-refractivity contribution in [3.8, 4) is 5.88 Å². The molecule has 2 aromatic rings. The molecular formula is C18H21N3O5. The van der Waals surface area contributed by atoms with Gasteiger partial charge in [-0.2, -0.15) is 0 Å². The molecule has 2 rings (SSSR count). The van der Waals surface area contributed by atoms with Crippen LogP contribution in [0.4, 0.5) is 5.69 Å². The Balaban J connectivity index is 2.54. The van der Waals surface area contributed by atoms with Crippen LogP contribution in [0.2, 0.25) is 0 Å². The minimum atomic E-state index is -1.05. The number of aliphatic imine (C=N–C) groups is 1. The second-order valence-corrected chi connectivity index (χ2v) is 5.73. The number of carbonyl (C=O) groups is 1. The minimum Gasteiger partial charge on any atom is -0.494 e. The van der Waals surface area contributed by atoms with Gasteiger partial charge in [0.15, 0.2) is 0 Å². The molecule has 0 saturated heterocycles. The molecule has 0 spiro atoms. The van der Waals surface area contributed by atoms with Crippen LogP contribution >= 0.6 is 0 Å². The molecule has 26 heavy (non-hydrogen) atoms. The van der Waals surface area contributed by atoms with Crippen LogP contribution < -0.4 is 11.2 Å². The lowest BCUT2D eigenvalue weighted by Crippen LogP contribution is -2.34. The van der Waals surface area contributed by atoms with Crippen molar-refractivity contribution in [3.05, 3.63) is 56.2 Å². The topological polar surface area (TPSA) is 125 Å². The van der Waals surface area contributed by atoms with Crippen molar-refractivity contribution >= 4 is 17.4 Å². The summed E-state index contributed by atoms with van der Waals surface area (Å²) in [4.78, 5) is 41.6. The Labute approximate surface area is 149 Å². The molecular weight excluding hydrogens is 338 g/mol. The third-order valence-electron chi connectivity index (χ3n) is 3.91. The van der Waals surface area contributed by atoms with Gasteiger partial charge in [0.2, 0.25) is 5.88 Å². The van der Waals surface area contributed by atoms with Crippen LogP contribution in [0.5, 0.6) is 5.88 Å². The highest BCUT2D eigenvalue weighted by Gasteiger charge is 2.18. The third-order valence-corrected chi connectivity index (χ3v) is 3.91. The molecule has 0 radical (unpaired) electrons. The quantitative estimate of drug-likeness (QED) is 0.654. The standard InChI is InChI=1S/C18H21N3O5/c1-3-5-10-21-16(23)14(15(22)20-18(21)26)13(4-2)19-12-8-6-11(7-9-12)17(24)25/h6-9,23H,3-5,10H2,1-2H3,(H,24,25)(H,20,22,26). The maximum atomic E-state index is 12.2. The highest BCUT2D eigenvalue weighted by atomic mass is 16.4. The van der Waals surface area contributed by atoms with Crippen molar-refractivity contribution in [2.24, 2.45) is 4.99 Å². The lowest BCUT2D eigenvalue weighted by atomic mass is 10.1. The lowest BCUT2D eigenvalue weighted by Gasteiger charge is -2.12. The summed E-state index contributed by atoms with van der Waals surface area (Å²) in [5, 5.41) is 19.4. The molecule has 0 aliphatic heterocycles. The number of hydrogen-bond donors (Lipinski definition) is 3. The molecule has 0 saturated carbocycles. The first-order valence-corrected chi connectivity index (χ1v) is 8.36. The Morgan fingerprint density at radius 3 is 2.38 bits per heavy atom. The number of H-pyrrole nitrogens is 1. The maximum Gasteiger partial charge on any atom is 0.335 e. The van der Waals surface area contributed by atoms with Gasteiger partial charge in [0.1, 0.15) is 5.56 Å².